The second kappa shape index (κ2) is 7.39. The van der Waals surface area contributed by atoms with Crippen molar-refractivity contribution in [3.8, 4) is 17.2 Å². The highest BCUT2D eigenvalue weighted by atomic mass is 16.5. The Balaban J connectivity index is 2.11. The molecule has 6 heteroatoms. The van der Waals surface area contributed by atoms with Crippen LogP contribution in [-0.4, -0.2) is 36.9 Å². The lowest BCUT2D eigenvalue weighted by atomic mass is 10.0. The Hall–Kier alpha value is -3.15. The van der Waals surface area contributed by atoms with Crippen molar-refractivity contribution in [2.24, 2.45) is 0 Å². The van der Waals surface area contributed by atoms with Crippen LogP contribution in [0.5, 0.6) is 17.2 Å². The molecule has 2 N–H and O–H groups in total. The van der Waals surface area contributed by atoms with E-state index in [9.17, 15) is 9.90 Å². The van der Waals surface area contributed by atoms with Crippen LogP contribution in [0.15, 0.2) is 36.4 Å². The van der Waals surface area contributed by atoms with E-state index in [0.717, 1.165) is 22.0 Å². The van der Waals surface area contributed by atoms with Crippen LogP contribution in [0.3, 0.4) is 0 Å². The molecular formula is C20H21NO5. The summed E-state index contributed by atoms with van der Waals surface area (Å²) in [7, 11) is 2.96. The van der Waals surface area contributed by atoms with E-state index in [2.05, 4.69) is 4.98 Å². The molecule has 0 unspecified atom stereocenters. The molecule has 0 amide bonds. The summed E-state index contributed by atoms with van der Waals surface area (Å²) in [5.41, 5.74) is 2.96. The second-order valence-electron chi connectivity index (χ2n) is 5.77. The summed E-state index contributed by atoms with van der Waals surface area (Å²) >= 11 is 0. The van der Waals surface area contributed by atoms with Crippen LogP contribution < -0.4 is 9.47 Å². The molecule has 0 aliphatic carbocycles. The first-order chi connectivity index (χ1) is 12.6. The molecule has 1 aromatic heterocycles. The van der Waals surface area contributed by atoms with Crippen LogP contribution in [0.25, 0.3) is 10.9 Å². The minimum absolute atomic E-state index is 0.0525. The number of H-pyrrole nitrogens is 1. The molecule has 0 atom stereocenters. The minimum Gasteiger partial charge on any atom is -0.502 e. The van der Waals surface area contributed by atoms with E-state index in [-0.39, 0.29) is 5.75 Å². The number of aromatic nitrogens is 1. The molecule has 2 aromatic carbocycles. The first-order valence-electron chi connectivity index (χ1n) is 8.29. The number of hydrogen-bond donors (Lipinski definition) is 2. The number of ether oxygens (including phenoxy) is 3. The Labute approximate surface area is 151 Å². The van der Waals surface area contributed by atoms with Gasteiger partial charge < -0.3 is 24.3 Å². The third-order valence-corrected chi connectivity index (χ3v) is 4.21. The molecule has 3 aromatic rings. The Morgan fingerprint density at radius 3 is 2.38 bits per heavy atom. The molecule has 0 aliphatic rings. The lowest BCUT2D eigenvalue weighted by molar-refractivity contribution is 0.0519. The number of rotatable bonds is 6. The van der Waals surface area contributed by atoms with Gasteiger partial charge in [0.1, 0.15) is 5.69 Å². The summed E-state index contributed by atoms with van der Waals surface area (Å²) in [5.74, 6) is 0.188. The van der Waals surface area contributed by atoms with Gasteiger partial charge >= 0.3 is 5.97 Å². The first-order valence-corrected chi connectivity index (χ1v) is 8.29. The first kappa shape index (κ1) is 17.7. The Morgan fingerprint density at radius 1 is 1.12 bits per heavy atom. The van der Waals surface area contributed by atoms with Crippen molar-refractivity contribution < 1.29 is 24.1 Å². The standard InChI is InChI=1S/C20H21NO5/c1-4-26-20(23)18-14(13-7-5-6-8-15(13)21-18)9-12-10-16(24-2)19(22)17(11-12)25-3/h5-8,10-11,21-22H,4,9H2,1-3H3. The number of phenols is 1. The van der Waals surface area contributed by atoms with Gasteiger partial charge in [-0.15, -0.1) is 0 Å². The molecule has 0 spiro atoms. The topological polar surface area (TPSA) is 80.8 Å². The second-order valence-corrected chi connectivity index (χ2v) is 5.77. The highest BCUT2D eigenvalue weighted by Crippen LogP contribution is 2.38. The van der Waals surface area contributed by atoms with E-state index in [1.165, 1.54) is 14.2 Å². The lowest BCUT2D eigenvalue weighted by Crippen LogP contribution is -2.08. The number of benzene rings is 2. The number of esters is 1. The van der Waals surface area contributed by atoms with Crippen LogP contribution in [0.4, 0.5) is 0 Å². The number of aromatic amines is 1. The average Bonchev–Trinajstić information content (AvgIpc) is 3.02. The molecule has 0 radical (unpaired) electrons. The summed E-state index contributed by atoms with van der Waals surface area (Å²) in [6, 6.07) is 11.2. The summed E-state index contributed by atoms with van der Waals surface area (Å²) in [4.78, 5) is 15.5. The van der Waals surface area contributed by atoms with Crippen molar-refractivity contribution in [1.82, 2.24) is 4.98 Å². The van der Waals surface area contributed by atoms with Crippen molar-refractivity contribution in [1.29, 1.82) is 0 Å². The zero-order chi connectivity index (χ0) is 18.7. The van der Waals surface area contributed by atoms with E-state index < -0.39 is 5.97 Å². The minimum atomic E-state index is -0.392. The van der Waals surface area contributed by atoms with Crippen molar-refractivity contribution in [3.05, 3.63) is 53.2 Å². The maximum absolute atomic E-state index is 12.4. The number of nitrogens with one attached hydrogen (secondary N) is 1. The van der Waals surface area contributed by atoms with E-state index in [4.69, 9.17) is 14.2 Å². The quantitative estimate of drug-likeness (QED) is 0.660. The average molecular weight is 355 g/mol. The van der Waals surface area contributed by atoms with E-state index in [1.54, 1.807) is 19.1 Å². The van der Waals surface area contributed by atoms with Gasteiger partial charge in [0.15, 0.2) is 11.5 Å². The number of hydrogen-bond acceptors (Lipinski definition) is 5. The van der Waals surface area contributed by atoms with Crippen LogP contribution in [0, 0.1) is 0 Å². The summed E-state index contributed by atoms with van der Waals surface area (Å²) in [5, 5.41) is 11.0. The van der Waals surface area contributed by atoms with Crippen LogP contribution in [-0.2, 0) is 11.2 Å². The predicted octanol–water partition coefficient (Wildman–Crippen LogP) is 3.66. The van der Waals surface area contributed by atoms with Gasteiger partial charge in [-0.05, 0) is 36.2 Å². The molecule has 0 bridgehead atoms. The lowest BCUT2D eigenvalue weighted by Gasteiger charge is -2.12. The number of phenolic OH excluding ortho intramolecular Hbond substituents is 1. The smallest absolute Gasteiger partial charge is 0.355 e. The predicted molar refractivity (Wildman–Crippen MR) is 98.3 cm³/mol. The summed E-state index contributed by atoms with van der Waals surface area (Å²) in [6.45, 7) is 2.07. The van der Waals surface area contributed by atoms with Crippen LogP contribution >= 0.6 is 0 Å². The third-order valence-electron chi connectivity index (χ3n) is 4.21. The molecular weight excluding hydrogens is 334 g/mol. The van der Waals surface area contributed by atoms with Crippen LogP contribution in [0.2, 0.25) is 0 Å². The number of fused-ring (bicyclic) bond motifs is 1. The molecule has 136 valence electrons. The largest absolute Gasteiger partial charge is 0.502 e. The van der Waals surface area contributed by atoms with Crippen molar-refractivity contribution in [3.63, 3.8) is 0 Å². The van der Waals surface area contributed by atoms with Gasteiger partial charge in [0.2, 0.25) is 5.75 Å². The number of carbonyl (C=O) groups excluding carboxylic acids is 1. The fraction of sp³-hybridized carbons (Fsp3) is 0.250. The monoisotopic (exact) mass is 355 g/mol. The van der Waals surface area contributed by atoms with Gasteiger partial charge in [-0.3, -0.25) is 0 Å². The molecule has 0 saturated heterocycles. The van der Waals surface area contributed by atoms with Gasteiger partial charge in [-0.25, -0.2) is 4.79 Å². The summed E-state index contributed by atoms with van der Waals surface area (Å²) < 4.78 is 15.6. The van der Waals surface area contributed by atoms with E-state index >= 15 is 0 Å². The normalized spacial score (nSPS) is 10.7. The van der Waals surface area contributed by atoms with Crippen LogP contribution in [0.1, 0.15) is 28.5 Å². The van der Waals surface area contributed by atoms with E-state index in [1.807, 2.05) is 24.3 Å². The van der Waals surface area contributed by atoms with E-state index in [0.29, 0.717) is 30.2 Å². The molecule has 1 heterocycles. The van der Waals surface area contributed by atoms with Gasteiger partial charge in [0.25, 0.3) is 0 Å². The van der Waals surface area contributed by atoms with Gasteiger partial charge in [-0.2, -0.15) is 0 Å². The molecule has 6 nitrogen and oxygen atoms in total. The maximum atomic E-state index is 12.4. The number of para-hydroxylation sites is 1. The molecule has 0 fully saturated rings. The highest BCUT2D eigenvalue weighted by Gasteiger charge is 2.20. The molecule has 26 heavy (non-hydrogen) atoms. The van der Waals surface area contributed by atoms with Crippen molar-refractivity contribution in [2.45, 2.75) is 13.3 Å². The summed E-state index contributed by atoms with van der Waals surface area (Å²) in [6.07, 6.45) is 0.450. The van der Waals surface area contributed by atoms with Gasteiger partial charge in [0, 0.05) is 17.3 Å². The zero-order valence-electron chi connectivity index (χ0n) is 15.0. The number of carbonyl (C=O) groups is 1. The Kier molecular flexibility index (Phi) is 5.02. The molecule has 0 saturated carbocycles. The highest BCUT2D eigenvalue weighted by molar-refractivity contribution is 5.98. The maximum Gasteiger partial charge on any atom is 0.355 e. The van der Waals surface area contributed by atoms with Gasteiger partial charge in [-0.1, -0.05) is 18.2 Å². The fourth-order valence-corrected chi connectivity index (χ4v) is 3.02. The molecule has 3 rings (SSSR count). The third kappa shape index (κ3) is 3.18. The van der Waals surface area contributed by atoms with Crippen molar-refractivity contribution >= 4 is 16.9 Å². The van der Waals surface area contributed by atoms with Crippen molar-refractivity contribution in [2.75, 3.05) is 20.8 Å². The Bertz CT molecular complexity index is 920. The fourth-order valence-electron chi connectivity index (χ4n) is 3.02. The Morgan fingerprint density at radius 2 is 1.77 bits per heavy atom. The van der Waals surface area contributed by atoms with Gasteiger partial charge in [0.05, 0.1) is 20.8 Å². The SMILES string of the molecule is CCOC(=O)c1[nH]c2ccccc2c1Cc1cc(OC)c(O)c(OC)c1. The zero-order valence-corrected chi connectivity index (χ0v) is 15.0. The molecule has 0 aliphatic heterocycles. The number of methoxy groups -OCH3 is 2. The number of aromatic hydroxyl groups is 1.